The fourth-order valence-corrected chi connectivity index (χ4v) is 2.67. The lowest BCUT2D eigenvalue weighted by Crippen LogP contribution is -2.22. The maximum Gasteiger partial charge on any atom is 0.156 e. The number of aliphatic hydroxyl groups excluding tert-OH is 1. The standard InChI is InChI=1S/C15H15N5O/c21-11-3-6-20(9-11)14-7-10(1-4-16-14)13-8-18-15-12(19-13)2-5-17-15/h1-2,4-5,7-8,11,21H,3,6,9H2,(H,17,18). The van der Waals surface area contributed by atoms with Gasteiger partial charge in [0.2, 0.25) is 0 Å². The molecule has 1 fully saturated rings. The summed E-state index contributed by atoms with van der Waals surface area (Å²) in [4.78, 5) is 18.5. The Balaban J connectivity index is 1.71. The minimum atomic E-state index is -0.258. The number of β-amino-alcohol motifs (C(OH)–C–C–N with tert-alkyl or cyclic N) is 1. The lowest BCUT2D eigenvalue weighted by molar-refractivity contribution is 0.198. The first-order chi connectivity index (χ1) is 10.3. The molecule has 1 aliphatic heterocycles. The summed E-state index contributed by atoms with van der Waals surface area (Å²) in [6.07, 6.45) is 5.90. The summed E-state index contributed by atoms with van der Waals surface area (Å²) in [5.41, 5.74) is 3.45. The van der Waals surface area contributed by atoms with Gasteiger partial charge in [0.05, 0.1) is 18.0 Å². The molecule has 21 heavy (non-hydrogen) atoms. The van der Waals surface area contributed by atoms with Crippen molar-refractivity contribution in [3.05, 3.63) is 36.8 Å². The van der Waals surface area contributed by atoms with Crippen LogP contribution in [0.3, 0.4) is 0 Å². The molecule has 1 aliphatic rings. The highest BCUT2D eigenvalue weighted by atomic mass is 16.3. The lowest BCUT2D eigenvalue weighted by Gasteiger charge is -2.17. The van der Waals surface area contributed by atoms with Crippen molar-refractivity contribution in [2.75, 3.05) is 18.0 Å². The molecule has 6 heteroatoms. The Morgan fingerprint density at radius 3 is 3.10 bits per heavy atom. The van der Waals surface area contributed by atoms with Crippen LogP contribution in [0.25, 0.3) is 22.4 Å². The highest BCUT2D eigenvalue weighted by Crippen LogP contribution is 2.24. The largest absolute Gasteiger partial charge is 0.391 e. The molecule has 0 aliphatic carbocycles. The monoisotopic (exact) mass is 281 g/mol. The number of aliphatic hydroxyl groups is 1. The fourth-order valence-electron chi connectivity index (χ4n) is 2.67. The smallest absolute Gasteiger partial charge is 0.156 e. The van der Waals surface area contributed by atoms with Gasteiger partial charge in [-0.15, -0.1) is 0 Å². The molecular weight excluding hydrogens is 266 g/mol. The van der Waals surface area contributed by atoms with E-state index < -0.39 is 0 Å². The number of aromatic nitrogens is 4. The highest BCUT2D eigenvalue weighted by molar-refractivity contribution is 5.74. The number of hydrogen-bond acceptors (Lipinski definition) is 5. The summed E-state index contributed by atoms with van der Waals surface area (Å²) < 4.78 is 0. The van der Waals surface area contributed by atoms with E-state index in [1.165, 1.54) is 0 Å². The van der Waals surface area contributed by atoms with Crippen molar-refractivity contribution in [1.82, 2.24) is 19.9 Å². The number of anilines is 1. The SMILES string of the molecule is OC1CCN(c2cc(-c3cnc4[nH]ccc4n3)ccn2)C1. The third kappa shape index (κ3) is 2.23. The Morgan fingerprint density at radius 2 is 2.24 bits per heavy atom. The number of fused-ring (bicyclic) bond motifs is 1. The number of rotatable bonds is 2. The molecule has 1 atom stereocenters. The van der Waals surface area contributed by atoms with E-state index in [1.54, 1.807) is 12.4 Å². The number of nitrogens with zero attached hydrogens (tertiary/aromatic N) is 4. The highest BCUT2D eigenvalue weighted by Gasteiger charge is 2.21. The van der Waals surface area contributed by atoms with Crippen molar-refractivity contribution in [3.8, 4) is 11.3 Å². The first-order valence-electron chi connectivity index (χ1n) is 6.99. The quantitative estimate of drug-likeness (QED) is 0.746. The zero-order chi connectivity index (χ0) is 14.2. The van der Waals surface area contributed by atoms with Gasteiger partial charge in [-0.25, -0.2) is 15.0 Å². The summed E-state index contributed by atoms with van der Waals surface area (Å²) >= 11 is 0. The molecule has 106 valence electrons. The van der Waals surface area contributed by atoms with E-state index in [9.17, 15) is 5.11 Å². The first kappa shape index (κ1) is 12.3. The van der Waals surface area contributed by atoms with Crippen LogP contribution in [0.15, 0.2) is 36.8 Å². The summed E-state index contributed by atoms with van der Waals surface area (Å²) in [5.74, 6) is 0.875. The topological polar surface area (TPSA) is 77.9 Å². The van der Waals surface area contributed by atoms with Gasteiger partial charge in [0.1, 0.15) is 11.3 Å². The molecule has 0 aromatic carbocycles. The minimum Gasteiger partial charge on any atom is -0.391 e. The normalized spacial score (nSPS) is 18.5. The number of aromatic amines is 1. The van der Waals surface area contributed by atoms with Crippen LogP contribution >= 0.6 is 0 Å². The molecule has 3 aromatic heterocycles. The minimum absolute atomic E-state index is 0.258. The summed E-state index contributed by atoms with van der Waals surface area (Å²) in [7, 11) is 0. The average molecular weight is 281 g/mol. The van der Waals surface area contributed by atoms with Crippen LogP contribution in [0.1, 0.15) is 6.42 Å². The molecule has 0 saturated carbocycles. The van der Waals surface area contributed by atoms with E-state index in [0.29, 0.717) is 6.54 Å². The van der Waals surface area contributed by atoms with Crippen molar-refractivity contribution in [2.45, 2.75) is 12.5 Å². The Bertz CT molecular complexity index is 784. The third-order valence-electron chi connectivity index (χ3n) is 3.79. The second-order valence-electron chi connectivity index (χ2n) is 5.26. The van der Waals surface area contributed by atoms with E-state index in [-0.39, 0.29) is 6.10 Å². The molecule has 2 N–H and O–H groups in total. The molecule has 4 heterocycles. The average Bonchev–Trinajstić information content (AvgIpc) is 3.15. The molecule has 4 rings (SSSR count). The van der Waals surface area contributed by atoms with Crippen LogP contribution in [0, 0.1) is 0 Å². The number of H-pyrrole nitrogens is 1. The van der Waals surface area contributed by atoms with Crippen LogP contribution in [0.5, 0.6) is 0 Å². The second-order valence-corrected chi connectivity index (χ2v) is 5.26. The van der Waals surface area contributed by atoms with Crippen LogP contribution in [0.2, 0.25) is 0 Å². The zero-order valence-corrected chi connectivity index (χ0v) is 11.4. The van der Waals surface area contributed by atoms with Gasteiger partial charge in [0.25, 0.3) is 0 Å². The molecule has 0 bridgehead atoms. The lowest BCUT2D eigenvalue weighted by atomic mass is 10.2. The van der Waals surface area contributed by atoms with Gasteiger partial charge in [0, 0.05) is 31.0 Å². The summed E-state index contributed by atoms with van der Waals surface area (Å²) in [5, 5.41) is 9.65. The van der Waals surface area contributed by atoms with Crippen molar-refractivity contribution in [3.63, 3.8) is 0 Å². The number of hydrogen-bond donors (Lipinski definition) is 2. The maximum atomic E-state index is 9.65. The van der Waals surface area contributed by atoms with Crippen molar-refractivity contribution in [1.29, 1.82) is 0 Å². The Labute approximate surface area is 121 Å². The van der Waals surface area contributed by atoms with Crippen molar-refractivity contribution in [2.24, 2.45) is 0 Å². The molecule has 1 unspecified atom stereocenters. The second kappa shape index (κ2) is 4.82. The molecule has 0 radical (unpaired) electrons. The summed E-state index contributed by atoms with van der Waals surface area (Å²) in [6, 6.07) is 5.84. The van der Waals surface area contributed by atoms with Gasteiger partial charge in [-0.05, 0) is 24.6 Å². The predicted octanol–water partition coefficient (Wildman–Crippen LogP) is 1.59. The van der Waals surface area contributed by atoms with Crippen molar-refractivity contribution < 1.29 is 5.11 Å². The van der Waals surface area contributed by atoms with Gasteiger partial charge in [-0.3, -0.25) is 0 Å². The van der Waals surface area contributed by atoms with Gasteiger partial charge < -0.3 is 15.0 Å². The Hall–Kier alpha value is -2.47. The third-order valence-corrected chi connectivity index (χ3v) is 3.79. The van der Waals surface area contributed by atoms with Gasteiger partial charge >= 0.3 is 0 Å². The molecular formula is C15H15N5O. The summed E-state index contributed by atoms with van der Waals surface area (Å²) in [6.45, 7) is 1.47. The van der Waals surface area contributed by atoms with E-state index in [1.807, 2.05) is 24.4 Å². The van der Waals surface area contributed by atoms with Gasteiger partial charge in [0.15, 0.2) is 5.65 Å². The maximum absolute atomic E-state index is 9.65. The van der Waals surface area contributed by atoms with E-state index >= 15 is 0 Å². The van der Waals surface area contributed by atoms with Gasteiger partial charge in [-0.2, -0.15) is 0 Å². The van der Waals surface area contributed by atoms with Crippen molar-refractivity contribution >= 4 is 17.0 Å². The van der Waals surface area contributed by atoms with Crippen LogP contribution < -0.4 is 4.90 Å². The number of nitrogens with one attached hydrogen (secondary N) is 1. The van der Waals surface area contributed by atoms with Crippen LogP contribution in [0.4, 0.5) is 5.82 Å². The van der Waals surface area contributed by atoms with E-state index in [2.05, 4.69) is 24.8 Å². The predicted molar refractivity (Wildman–Crippen MR) is 80.0 cm³/mol. The molecule has 0 amide bonds. The fraction of sp³-hybridized carbons (Fsp3) is 0.267. The molecule has 0 spiro atoms. The van der Waals surface area contributed by atoms with E-state index in [0.717, 1.165) is 41.2 Å². The number of pyridine rings is 1. The van der Waals surface area contributed by atoms with Crippen LogP contribution in [-0.4, -0.2) is 44.2 Å². The zero-order valence-electron chi connectivity index (χ0n) is 11.4. The molecule has 6 nitrogen and oxygen atoms in total. The Kier molecular flexibility index (Phi) is 2.82. The van der Waals surface area contributed by atoms with Crippen LogP contribution in [-0.2, 0) is 0 Å². The Morgan fingerprint density at radius 1 is 1.29 bits per heavy atom. The molecule has 3 aromatic rings. The first-order valence-corrected chi connectivity index (χ1v) is 6.99. The van der Waals surface area contributed by atoms with Gasteiger partial charge in [-0.1, -0.05) is 0 Å². The molecule has 1 saturated heterocycles. The van der Waals surface area contributed by atoms with E-state index in [4.69, 9.17) is 0 Å².